The van der Waals surface area contributed by atoms with Gasteiger partial charge >= 0.3 is 0 Å². The van der Waals surface area contributed by atoms with Gasteiger partial charge in [0, 0.05) is 0 Å². The highest BCUT2D eigenvalue weighted by molar-refractivity contribution is 9.10. The molecule has 4 rings (SSSR count). The minimum atomic E-state index is -0.471. The SMILES string of the molecule is CCC1=NN2C(=N)/C(=C/c3cc(Br)c(OCCOc4ccc([C@H](C)CC)cc4)c(OC)c3)C(=O)N=C2S1. The molecule has 0 aliphatic carbocycles. The van der Waals surface area contributed by atoms with Gasteiger partial charge < -0.3 is 14.2 Å². The monoisotopic (exact) mass is 584 g/mol. The van der Waals surface area contributed by atoms with E-state index in [1.807, 2.05) is 19.1 Å². The van der Waals surface area contributed by atoms with E-state index in [1.54, 1.807) is 25.3 Å². The summed E-state index contributed by atoms with van der Waals surface area (Å²) in [5.74, 6) is 1.85. The van der Waals surface area contributed by atoms with Crippen LogP contribution in [0.5, 0.6) is 17.2 Å². The summed E-state index contributed by atoms with van der Waals surface area (Å²) in [6, 6.07) is 11.7. The first kappa shape index (κ1) is 26.9. The molecule has 0 fully saturated rings. The summed E-state index contributed by atoms with van der Waals surface area (Å²) >= 11 is 4.86. The topological polar surface area (TPSA) is 96.6 Å². The molecule has 0 spiro atoms. The van der Waals surface area contributed by atoms with E-state index < -0.39 is 5.91 Å². The van der Waals surface area contributed by atoms with Gasteiger partial charge in [-0.3, -0.25) is 10.2 Å². The van der Waals surface area contributed by atoms with Gasteiger partial charge in [-0.2, -0.15) is 15.1 Å². The van der Waals surface area contributed by atoms with Crippen molar-refractivity contribution in [2.45, 2.75) is 39.5 Å². The standard InChI is InChI=1S/C27H29BrN4O4S/c1-5-16(3)18-7-9-19(10-8-18)35-11-12-36-24-21(28)14-17(15-22(24)34-4)13-20-25(29)32-27(30-26(20)33)37-23(6-2)31-32/h7-10,13-16,29H,5-6,11-12H2,1-4H3/b20-13-,29-25?/t16-/m1/s1. The molecule has 0 bridgehead atoms. The Hall–Kier alpha value is -3.11. The Balaban J connectivity index is 1.43. The number of amidine groups is 2. The number of thioether (sulfide) groups is 1. The fourth-order valence-corrected chi connectivity index (χ4v) is 5.13. The number of methoxy groups -OCH3 is 1. The van der Waals surface area contributed by atoms with E-state index in [0.29, 0.717) is 52.3 Å². The largest absolute Gasteiger partial charge is 0.493 e. The number of nitrogens with one attached hydrogen (secondary N) is 1. The number of amides is 1. The molecule has 0 saturated carbocycles. The predicted molar refractivity (Wildman–Crippen MR) is 152 cm³/mol. The van der Waals surface area contributed by atoms with Crippen molar-refractivity contribution in [1.82, 2.24) is 5.01 Å². The van der Waals surface area contributed by atoms with Crippen molar-refractivity contribution < 1.29 is 19.0 Å². The third kappa shape index (κ3) is 6.07. The molecule has 37 heavy (non-hydrogen) atoms. The van der Waals surface area contributed by atoms with Gasteiger partial charge in [0.1, 0.15) is 24.0 Å². The Labute approximate surface area is 229 Å². The van der Waals surface area contributed by atoms with Gasteiger partial charge in [0.2, 0.25) is 5.17 Å². The number of benzene rings is 2. The van der Waals surface area contributed by atoms with Crippen LogP contribution in [0.2, 0.25) is 0 Å². The Bertz CT molecular complexity index is 1290. The van der Waals surface area contributed by atoms with Crippen LogP contribution in [0.1, 0.15) is 50.7 Å². The first-order valence-electron chi connectivity index (χ1n) is 12.1. The second-order valence-corrected chi connectivity index (χ2v) is 10.4. The highest BCUT2D eigenvalue weighted by Gasteiger charge is 2.35. The van der Waals surface area contributed by atoms with Crippen LogP contribution in [-0.4, -0.2) is 47.3 Å². The van der Waals surface area contributed by atoms with Crippen molar-refractivity contribution in [3.63, 3.8) is 0 Å². The first-order valence-corrected chi connectivity index (χ1v) is 13.7. The molecule has 0 unspecified atom stereocenters. The van der Waals surface area contributed by atoms with E-state index in [0.717, 1.165) is 17.2 Å². The van der Waals surface area contributed by atoms with E-state index >= 15 is 0 Å². The number of hydrazone groups is 1. The summed E-state index contributed by atoms with van der Waals surface area (Å²) in [4.78, 5) is 16.7. The van der Waals surface area contributed by atoms with E-state index in [-0.39, 0.29) is 11.4 Å². The summed E-state index contributed by atoms with van der Waals surface area (Å²) in [7, 11) is 1.55. The number of ether oxygens (including phenoxy) is 3. The number of hydrogen-bond acceptors (Lipinski definition) is 7. The number of fused-ring (bicyclic) bond motifs is 1. The fourth-order valence-electron chi connectivity index (χ4n) is 3.74. The van der Waals surface area contributed by atoms with E-state index in [9.17, 15) is 4.79 Å². The van der Waals surface area contributed by atoms with Gasteiger partial charge in [0.15, 0.2) is 17.3 Å². The lowest BCUT2D eigenvalue weighted by Crippen LogP contribution is -2.35. The predicted octanol–water partition coefficient (Wildman–Crippen LogP) is 6.46. The van der Waals surface area contributed by atoms with Gasteiger partial charge in [-0.15, -0.1) is 0 Å². The maximum atomic E-state index is 12.6. The fraction of sp³-hybridized carbons (Fsp3) is 0.333. The molecule has 10 heteroatoms. The minimum Gasteiger partial charge on any atom is -0.493 e. The molecular weight excluding hydrogens is 556 g/mol. The summed E-state index contributed by atoms with van der Waals surface area (Å²) in [6.45, 7) is 7.03. The van der Waals surface area contributed by atoms with Crippen LogP contribution in [0.25, 0.3) is 6.08 Å². The van der Waals surface area contributed by atoms with Crippen molar-refractivity contribution in [3.05, 3.63) is 57.6 Å². The summed E-state index contributed by atoms with van der Waals surface area (Å²) < 4.78 is 18.0. The zero-order chi connectivity index (χ0) is 26.5. The molecule has 0 radical (unpaired) electrons. The van der Waals surface area contributed by atoms with Crippen molar-refractivity contribution in [1.29, 1.82) is 5.41 Å². The molecule has 2 aliphatic heterocycles. The first-order chi connectivity index (χ1) is 17.8. The Morgan fingerprint density at radius 2 is 1.89 bits per heavy atom. The van der Waals surface area contributed by atoms with Crippen LogP contribution in [-0.2, 0) is 4.79 Å². The van der Waals surface area contributed by atoms with Gasteiger partial charge in [0.25, 0.3) is 5.91 Å². The quantitative estimate of drug-likeness (QED) is 0.254. The normalized spacial score (nSPS) is 16.9. The lowest BCUT2D eigenvalue weighted by Gasteiger charge is -2.20. The van der Waals surface area contributed by atoms with Crippen LogP contribution in [0, 0.1) is 5.41 Å². The van der Waals surface area contributed by atoms with Crippen LogP contribution in [0.15, 0.2) is 56.5 Å². The molecule has 0 saturated heterocycles. The Kier molecular flexibility index (Phi) is 8.71. The number of hydrogen-bond donors (Lipinski definition) is 1. The molecule has 2 heterocycles. The van der Waals surface area contributed by atoms with Crippen molar-refractivity contribution >= 4 is 55.7 Å². The van der Waals surface area contributed by atoms with Crippen LogP contribution in [0.3, 0.4) is 0 Å². The van der Waals surface area contributed by atoms with E-state index in [1.165, 1.54) is 22.3 Å². The molecule has 2 aliphatic rings. The number of aliphatic imine (C=N–C) groups is 1. The van der Waals surface area contributed by atoms with Crippen molar-refractivity contribution in [2.24, 2.45) is 10.1 Å². The van der Waals surface area contributed by atoms with E-state index in [2.05, 4.69) is 52.0 Å². The Morgan fingerprint density at radius 3 is 2.57 bits per heavy atom. The van der Waals surface area contributed by atoms with Crippen LogP contribution < -0.4 is 14.2 Å². The van der Waals surface area contributed by atoms with Crippen LogP contribution >= 0.6 is 27.7 Å². The molecule has 1 atom stereocenters. The van der Waals surface area contributed by atoms with Gasteiger partial charge in [-0.1, -0.05) is 32.9 Å². The Morgan fingerprint density at radius 1 is 1.16 bits per heavy atom. The second kappa shape index (κ2) is 12.0. The zero-order valence-electron chi connectivity index (χ0n) is 21.2. The molecule has 2 aromatic rings. The smallest absolute Gasteiger partial charge is 0.283 e. The summed E-state index contributed by atoms with van der Waals surface area (Å²) in [5.41, 5.74) is 2.11. The lowest BCUT2D eigenvalue weighted by atomic mass is 9.99. The third-order valence-electron chi connectivity index (χ3n) is 6.02. The van der Waals surface area contributed by atoms with Crippen LogP contribution in [0.4, 0.5) is 0 Å². The summed E-state index contributed by atoms with van der Waals surface area (Å²) in [5, 5.41) is 15.5. The number of carbonyl (C=O) groups is 1. The van der Waals surface area contributed by atoms with Gasteiger partial charge in [-0.05, 0) is 87.9 Å². The zero-order valence-corrected chi connectivity index (χ0v) is 23.6. The van der Waals surface area contributed by atoms with Crippen molar-refractivity contribution in [2.75, 3.05) is 20.3 Å². The molecule has 1 N–H and O–H groups in total. The highest BCUT2D eigenvalue weighted by Crippen LogP contribution is 2.38. The maximum absolute atomic E-state index is 12.6. The number of halogens is 1. The van der Waals surface area contributed by atoms with Gasteiger partial charge in [0.05, 0.1) is 17.2 Å². The number of carbonyl (C=O) groups excluding carboxylic acids is 1. The molecule has 194 valence electrons. The minimum absolute atomic E-state index is 0.00398. The molecule has 8 nitrogen and oxygen atoms in total. The number of rotatable bonds is 10. The van der Waals surface area contributed by atoms with Gasteiger partial charge in [-0.25, -0.2) is 0 Å². The molecule has 1 amide bonds. The summed E-state index contributed by atoms with van der Waals surface area (Å²) in [6.07, 6.45) is 3.42. The van der Waals surface area contributed by atoms with Crippen molar-refractivity contribution in [3.8, 4) is 17.2 Å². The lowest BCUT2D eigenvalue weighted by molar-refractivity contribution is -0.114. The maximum Gasteiger partial charge on any atom is 0.283 e. The molecular formula is C27H29BrN4O4S. The average Bonchev–Trinajstić information content (AvgIpc) is 3.32. The average molecular weight is 586 g/mol. The number of nitrogens with zero attached hydrogens (tertiary/aromatic N) is 3. The second-order valence-electron chi connectivity index (χ2n) is 8.48. The molecule has 2 aromatic carbocycles. The molecule has 0 aromatic heterocycles. The third-order valence-corrected chi connectivity index (χ3v) is 7.66. The highest BCUT2D eigenvalue weighted by atomic mass is 79.9. The van der Waals surface area contributed by atoms with E-state index in [4.69, 9.17) is 19.6 Å².